The fourth-order valence-electron chi connectivity index (χ4n) is 4.18. The van der Waals surface area contributed by atoms with Gasteiger partial charge in [-0.15, -0.1) is 0 Å². The van der Waals surface area contributed by atoms with Crippen LogP contribution in [-0.2, 0) is 12.7 Å². The molecule has 1 aliphatic rings. The van der Waals surface area contributed by atoms with Crippen LogP contribution in [0.4, 0.5) is 13.2 Å². The van der Waals surface area contributed by atoms with Crippen molar-refractivity contribution in [3.8, 4) is 5.69 Å². The molecule has 0 saturated heterocycles. The summed E-state index contributed by atoms with van der Waals surface area (Å²) >= 11 is 0. The first kappa shape index (κ1) is 22.8. The van der Waals surface area contributed by atoms with Crippen LogP contribution in [0.3, 0.4) is 0 Å². The first-order chi connectivity index (χ1) is 16.8. The summed E-state index contributed by atoms with van der Waals surface area (Å²) in [5.74, 6) is 0.0777. The van der Waals surface area contributed by atoms with Crippen molar-refractivity contribution in [2.75, 3.05) is 6.54 Å². The fraction of sp³-hybridized carbons (Fsp3) is 0.280. The van der Waals surface area contributed by atoms with Crippen LogP contribution in [0.2, 0.25) is 0 Å². The highest BCUT2D eigenvalue weighted by Crippen LogP contribution is 2.43. The monoisotopic (exact) mass is 481 g/mol. The molecule has 5 rings (SSSR count). The number of nitrogens with zero attached hydrogens (tertiary/aromatic N) is 4. The first-order valence-corrected chi connectivity index (χ1v) is 11.3. The minimum Gasteiger partial charge on any atom is -0.331 e. The predicted octanol–water partition coefficient (Wildman–Crippen LogP) is 4.67. The summed E-state index contributed by atoms with van der Waals surface area (Å²) in [6.45, 7) is 2.23. The second-order valence-electron chi connectivity index (χ2n) is 8.53. The number of carbonyl (C=O) groups is 1. The lowest BCUT2D eigenvalue weighted by molar-refractivity contribution is -0.137. The number of aromatic nitrogens is 4. The number of halogens is 3. The van der Waals surface area contributed by atoms with E-state index in [2.05, 4.69) is 15.1 Å². The van der Waals surface area contributed by atoms with Gasteiger partial charge in [-0.2, -0.15) is 18.3 Å². The number of rotatable bonds is 6. The van der Waals surface area contributed by atoms with Crippen LogP contribution in [-0.4, -0.2) is 37.1 Å². The van der Waals surface area contributed by atoms with Crippen LogP contribution < -0.4 is 5.56 Å². The van der Waals surface area contributed by atoms with Gasteiger partial charge in [0.25, 0.3) is 11.5 Å². The Morgan fingerprint density at radius 1 is 1.17 bits per heavy atom. The van der Waals surface area contributed by atoms with Gasteiger partial charge < -0.3 is 9.88 Å². The zero-order valence-corrected chi connectivity index (χ0v) is 18.8. The zero-order chi connectivity index (χ0) is 24.7. The van der Waals surface area contributed by atoms with Crippen molar-refractivity contribution in [2.45, 2.75) is 38.4 Å². The number of para-hydroxylation sites is 1. The lowest BCUT2D eigenvalue weighted by Gasteiger charge is -2.21. The molecule has 0 aliphatic heterocycles. The van der Waals surface area contributed by atoms with Crippen molar-refractivity contribution in [1.29, 1.82) is 0 Å². The van der Waals surface area contributed by atoms with Crippen LogP contribution in [0, 0.1) is 0 Å². The maximum atomic E-state index is 13.5. The molecule has 2 heterocycles. The summed E-state index contributed by atoms with van der Waals surface area (Å²) in [5.41, 5.74) is 0.671. The number of hydrogen-bond acceptors (Lipinski definition) is 4. The molecule has 2 aromatic carbocycles. The van der Waals surface area contributed by atoms with Gasteiger partial charge in [-0.05, 0) is 50.1 Å². The Labute approximate surface area is 198 Å². The topological polar surface area (TPSA) is 83.9 Å². The highest BCUT2D eigenvalue weighted by molar-refractivity contribution is 5.95. The third-order valence-corrected chi connectivity index (χ3v) is 6.09. The number of amides is 1. The summed E-state index contributed by atoms with van der Waals surface area (Å²) in [6.07, 6.45) is -1.41. The summed E-state index contributed by atoms with van der Waals surface area (Å²) in [6, 6.07) is 11.9. The van der Waals surface area contributed by atoms with Crippen LogP contribution in [0.5, 0.6) is 0 Å². The minimum absolute atomic E-state index is 0.0447. The summed E-state index contributed by atoms with van der Waals surface area (Å²) < 4.78 is 41.2. The molecule has 7 nitrogen and oxygen atoms in total. The van der Waals surface area contributed by atoms with E-state index in [1.165, 1.54) is 21.8 Å². The number of benzene rings is 2. The maximum Gasteiger partial charge on any atom is 0.416 e. The highest BCUT2D eigenvalue weighted by Gasteiger charge is 2.35. The molecule has 0 unspecified atom stereocenters. The Balaban J connectivity index is 1.49. The summed E-state index contributed by atoms with van der Waals surface area (Å²) in [7, 11) is 0. The summed E-state index contributed by atoms with van der Waals surface area (Å²) in [4.78, 5) is 34.7. The van der Waals surface area contributed by atoms with Gasteiger partial charge >= 0.3 is 6.18 Å². The van der Waals surface area contributed by atoms with Crippen molar-refractivity contribution < 1.29 is 18.0 Å². The largest absolute Gasteiger partial charge is 0.416 e. The standard InChI is InChI=1S/C25H22F3N5O2/c1-2-32(14-21-30-20-9-4-3-8-18(20)23(34)31-21)24(35)19-13-29-33(22(19)15-10-11-15)17-7-5-6-16(12-17)25(26,27)28/h3-9,12-13,15H,2,10-11,14H2,1H3,(H,30,31,34). The van der Waals surface area contributed by atoms with Crippen LogP contribution >= 0.6 is 0 Å². The van der Waals surface area contributed by atoms with Crippen LogP contribution in [0.1, 0.15) is 53.1 Å². The van der Waals surface area contributed by atoms with E-state index in [1.807, 2.05) is 6.92 Å². The van der Waals surface area contributed by atoms with Crippen molar-refractivity contribution in [2.24, 2.45) is 0 Å². The van der Waals surface area contributed by atoms with Crippen molar-refractivity contribution in [3.63, 3.8) is 0 Å². The third kappa shape index (κ3) is 4.43. The Kier molecular flexibility index (Phi) is 5.66. The highest BCUT2D eigenvalue weighted by atomic mass is 19.4. The normalized spacial score (nSPS) is 13.8. The average molecular weight is 481 g/mol. The van der Waals surface area contributed by atoms with Gasteiger partial charge in [0.15, 0.2) is 0 Å². The molecule has 0 atom stereocenters. The molecule has 1 saturated carbocycles. The molecule has 0 radical (unpaired) electrons. The van der Waals surface area contributed by atoms with Crippen molar-refractivity contribution in [1.82, 2.24) is 24.6 Å². The van der Waals surface area contributed by atoms with Crippen molar-refractivity contribution in [3.05, 3.63) is 87.7 Å². The average Bonchev–Trinajstić information content (AvgIpc) is 3.59. The molecule has 180 valence electrons. The molecule has 0 bridgehead atoms. The van der Waals surface area contributed by atoms with Gasteiger partial charge in [-0.25, -0.2) is 9.67 Å². The number of hydrogen-bond donors (Lipinski definition) is 1. The molecule has 35 heavy (non-hydrogen) atoms. The van der Waals surface area contributed by atoms with E-state index >= 15 is 0 Å². The fourth-order valence-corrected chi connectivity index (χ4v) is 4.18. The first-order valence-electron chi connectivity index (χ1n) is 11.3. The lowest BCUT2D eigenvalue weighted by atomic mass is 10.1. The second-order valence-corrected chi connectivity index (χ2v) is 8.53. The molecular formula is C25H22F3N5O2. The number of aromatic amines is 1. The van der Waals surface area contributed by atoms with E-state index in [9.17, 15) is 22.8 Å². The van der Waals surface area contributed by atoms with Crippen LogP contribution in [0.15, 0.2) is 59.5 Å². The molecule has 0 spiro atoms. The lowest BCUT2D eigenvalue weighted by Crippen LogP contribution is -2.32. The zero-order valence-electron chi connectivity index (χ0n) is 18.8. The van der Waals surface area contributed by atoms with E-state index in [0.717, 1.165) is 25.0 Å². The number of alkyl halides is 3. The number of nitrogens with one attached hydrogen (secondary N) is 1. The maximum absolute atomic E-state index is 13.5. The van der Waals surface area contributed by atoms with Gasteiger partial charge in [-0.1, -0.05) is 18.2 Å². The van der Waals surface area contributed by atoms with E-state index in [4.69, 9.17) is 0 Å². The quantitative estimate of drug-likeness (QED) is 0.434. The molecule has 2 aromatic heterocycles. The van der Waals surface area contributed by atoms with Crippen molar-refractivity contribution >= 4 is 16.8 Å². The second kappa shape index (κ2) is 8.68. The van der Waals surface area contributed by atoms with E-state index < -0.39 is 11.7 Å². The number of fused-ring (bicyclic) bond motifs is 1. The Morgan fingerprint density at radius 3 is 2.66 bits per heavy atom. The van der Waals surface area contributed by atoms with Crippen LogP contribution in [0.25, 0.3) is 16.6 Å². The van der Waals surface area contributed by atoms with E-state index in [0.29, 0.717) is 34.5 Å². The minimum atomic E-state index is -4.48. The van der Waals surface area contributed by atoms with Gasteiger partial charge in [0.2, 0.25) is 0 Å². The third-order valence-electron chi connectivity index (χ3n) is 6.09. The molecule has 4 aromatic rings. The number of carbonyl (C=O) groups excluding carboxylic acids is 1. The predicted molar refractivity (Wildman–Crippen MR) is 123 cm³/mol. The Morgan fingerprint density at radius 2 is 1.94 bits per heavy atom. The number of H-pyrrole nitrogens is 1. The van der Waals surface area contributed by atoms with Gasteiger partial charge in [-0.3, -0.25) is 9.59 Å². The smallest absolute Gasteiger partial charge is 0.331 e. The van der Waals surface area contributed by atoms with E-state index in [1.54, 1.807) is 30.3 Å². The summed E-state index contributed by atoms with van der Waals surface area (Å²) in [5, 5.41) is 4.76. The van der Waals surface area contributed by atoms with Gasteiger partial charge in [0.1, 0.15) is 5.82 Å². The molecule has 1 aliphatic carbocycles. The Hall–Kier alpha value is -3.95. The Bertz CT molecular complexity index is 1470. The molecular weight excluding hydrogens is 459 g/mol. The molecule has 1 N–H and O–H groups in total. The molecule has 1 fully saturated rings. The van der Waals surface area contributed by atoms with Gasteiger partial charge in [0, 0.05) is 12.5 Å². The molecule has 10 heteroatoms. The SMILES string of the molecule is CCN(Cc1nc2ccccc2c(=O)[nH]1)C(=O)c1cnn(-c2cccc(C(F)(F)F)c2)c1C1CC1. The van der Waals surface area contributed by atoms with Gasteiger partial charge in [0.05, 0.1) is 46.2 Å². The van der Waals surface area contributed by atoms with E-state index in [-0.39, 0.29) is 29.6 Å². The molecule has 1 amide bonds.